The molecule has 0 bridgehead atoms. The Morgan fingerprint density at radius 3 is 2.52 bits per heavy atom. The van der Waals surface area contributed by atoms with Crippen LogP contribution < -0.4 is 5.73 Å². The number of hydrogen-bond acceptors (Lipinski definition) is 5. The van der Waals surface area contributed by atoms with Gasteiger partial charge in [0.05, 0.1) is 12.1 Å². The Bertz CT molecular complexity index is 531. The van der Waals surface area contributed by atoms with Crippen molar-refractivity contribution in [3.8, 4) is 5.75 Å². The Kier molecular flexibility index (Phi) is 4.44. The van der Waals surface area contributed by atoms with E-state index in [1.165, 1.54) is 12.1 Å². The average molecular weight is 294 g/mol. The zero-order valence-electron chi connectivity index (χ0n) is 11.3. The van der Waals surface area contributed by atoms with E-state index in [1.54, 1.807) is 12.1 Å². The molecule has 114 valence electrons. The van der Waals surface area contributed by atoms with E-state index in [0.717, 1.165) is 10.5 Å². The summed E-state index contributed by atoms with van der Waals surface area (Å²) in [4.78, 5) is 24.5. The number of phenols is 1. The number of nitrogens with zero attached hydrogens (tertiary/aromatic N) is 1. The van der Waals surface area contributed by atoms with Crippen molar-refractivity contribution in [2.75, 3.05) is 6.54 Å². The van der Waals surface area contributed by atoms with Crippen LogP contribution in [0.3, 0.4) is 0 Å². The number of aliphatic carboxylic acids is 1. The summed E-state index contributed by atoms with van der Waals surface area (Å²) >= 11 is 0. The first kappa shape index (κ1) is 15.3. The normalized spacial score (nSPS) is 23.0. The molecule has 5 N–H and O–H groups in total. The minimum Gasteiger partial charge on any atom is -0.508 e. The molecule has 1 heterocycles. The predicted octanol–water partition coefficient (Wildman–Crippen LogP) is -0.692. The topological polar surface area (TPSA) is 124 Å². The number of β-amino-alcohol motifs (C(OH)–C–C–N with tert-alkyl or cyclic N) is 1. The lowest BCUT2D eigenvalue weighted by Crippen LogP contribution is -2.49. The smallest absolute Gasteiger partial charge is 0.326 e. The van der Waals surface area contributed by atoms with Gasteiger partial charge < -0.3 is 26.0 Å². The lowest BCUT2D eigenvalue weighted by atomic mass is 10.0. The Morgan fingerprint density at radius 2 is 1.95 bits per heavy atom. The molecule has 21 heavy (non-hydrogen) atoms. The second-order valence-corrected chi connectivity index (χ2v) is 5.21. The number of aliphatic hydroxyl groups excluding tert-OH is 1. The van der Waals surface area contributed by atoms with Crippen LogP contribution >= 0.6 is 0 Å². The Morgan fingerprint density at radius 1 is 1.33 bits per heavy atom. The van der Waals surface area contributed by atoms with Crippen LogP contribution in [0.4, 0.5) is 0 Å². The maximum atomic E-state index is 12.3. The molecule has 1 saturated heterocycles. The Labute approximate surface area is 121 Å². The standard InChI is InChI=1S/C14H18N2O5/c15-11(5-8-1-3-9(17)4-2-8)13(19)16-7-10(18)6-12(16)14(20)21/h1-4,10-12,17-18H,5-7,15H2,(H,20,21)/t10-,11+,12+/m1/s1. The third-order valence-corrected chi connectivity index (χ3v) is 3.56. The fraction of sp³-hybridized carbons (Fsp3) is 0.429. The average Bonchev–Trinajstić information content (AvgIpc) is 2.82. The number of carboxylic acids is 1. The van der Waals surface area contributed by atoms with E-state index in [9.17, 15) is 19.8 Å². The van der Waals surface area contributed by atoms with Crippen molar-refractivity contribution in [2.24, 2.45) is 5.73 Å². The van der Waals surface area contributed by atoms with Crippen molar-refractivity contribution >= 4 is 11.9 Å². The highest BCUT2D eigenvalue weighted by atomic mass is 16.4. The van der Waals surface area contributed by atoms with Gasteiger partial charge in [0.1, 0.15) is 11.8 Å². The maximum absolute atomic E-state index is 12.3. The summed E-state index contributed by atoms with van der Waals surface area (Å²) in [5.41, 5.74) is 6.61. The van der Waals surface area contributed by atoms with Gasteiger partial charge in [0.25, 0.3) is 0 Å². The highest BCUT2D eigenvalue weighted by Crippen LogP contribution is 2.20. The molecular weight excluding hydrogens is 276 g/mol. The molecule has 3 atom stereocenters. The van der Waals surface area contributed by atoms with Crippen LogP contribution in [0.25, 0.3) is 0 Å². The molecule has 0 unspecified atom stereocenters. The Hall–Kier alpha value is -2.12. The summed E-state index contributed by atoms with van der Waals surface area (Å²) in [6, 6.07) is 4.37. The van der Waals surface area contributed by atoms with Gasteiger partial charge in [0.2, 0.25) is 5.91 Å². The van der Waals surface area contributed by atoms with E-state index in [0.29, 0.717) is 0 Å². The van der Waals surface area contributed by atoms with E-state index < -0.39 is 30.1 Å². The van der Waals surface area contributed by atoms with Gasteiger partial charge >= 0.3 is 5.97 Å². The lowest BCUT2D eigenvalue weighted by Gasteiger charge is -2.24. The van der Waals surface area contributed by atoms with Gasteiger partial charge in [0, 0.05) is 13.0 Å². The summed E-state index contributed by atoms with van der Waals surface area (Å²) in [6.45, 7) is -0.0148. The van der Waals surface area contributed by atoms with Crippen molar-refractivity contribution in [3.63, 3.8) is 0 Å². The molecular formula is C14H18N2O5. The second-order valence-electron chi connectivity index (χ2n) is 5.21. The van der Waals surface area contributed by atoms with E-state index >= 15 is 0 Å². The van der Waals surface area contributed by atoms with E-state index in [4.69, 9.17) is 10.8 Å². The lowest BCUT2D eigenvalue weighted by molar-refractivity contribution is -0.148. The highest BCUT2D eigenvalue weighted by molar-refractivity contribution is 5.87. The first-order chi connectivity index (χ1) is 9.88. The molecule has 1 amide bonds. The number of likely N-dealkylation sites (tertiary alicyclic amines) is 1. The largest absolute Gasteiger partial charge is 0.508 e. The highest BCUT2D eigenvalue weighted by Gasteiger charge is 2.40. The number of phenolic OH excluding ortho intramolecular Hbond substituents is 1. The van der Waals surface area contributed by atoms with E-state index in [1.807, 2.05) is 0 Å². The Balaban J connectivity index is 2.04. The first-order valence-electron chi connectivity index (χ1n) is 6.63. The number of benzene rings is 1. The predicted molar refractivity (Wildman–Crippen MR) is 73.5 cm³/mol. The molecule has 1 aliphatic rings. The molecule has 0 saturated carbocycles. The zero-order valence-corrected chi connectivity index (χ0v) is 11.3. The number of rotatable bonds is 4. The van der Waals surface area contributed by atoms with Crippen LogP contribution in [0.2, 0.25) is 0 Å². The minimum absolute atomic E-state index is 0.0148. The first-order valence-corrected chi connectivity index (χ1v) is 6.63. The number of amides is 1. The molecule has 0 aliphatic carbocycles. The monoisotopic (exact) mass is 294 g/mol. The van der Waals surface area contributed by atoms with E-state index in [-0.39, 0.29) is 25.1 Å². The van der Waals surface area contributed by atoms with Gasteiger partial charge in [0.15, 0.2) is 0 Å². The molecule has 1 fully saturated rings. The number of carbonyl (C=O) groups excluding carboxylic acids is 1. The summed E-state index contributed by atoms with van der Waals surface area (Å²) < 4.78 is 0. The number of aliphatic hydroxyl groups is 1. The number of carboxylic acid groups (broad SMARTS) is 1. The summed E-state index contributed by atoms with van der Waals surface area (Å²) in [5, 5.41) is 27.8. The zero-order chi connectivity index (χ0) is 15.6. The second kappa shape index (κ2) is 6.11. The summed E-state index contributed by atoms with van der Waals surface area (Å²) in [7, 11) is 0. The fourth-order valence-electron chi connectivity index (χ4n) is 2.48. The van der Waals surface area contributed by atoms with Crippen molar-refractivity contribution < 1.29 is 24.9 Å². The van der Waals surface area contributed by atoms with Crippen molar-refractivity contribution in [1.82, 2.24) is 4.90 Å². The summed E-state index contributed by atoms with van der Waals surface area (Å²) in [5.74, 6) is -1.52. The number of hydrogen-bond donors (Lipinski definition) is 4. The van der Waals surface area contributed by atoms with Crippen LogP contribution in [0.1, 0.15) is 12.0 Å². The third kappa shape index (κ3) is 3.50. The number of aromatic hydroxyl groups is 1. The number of nitrogens with two attached hydrogens (primary N) is 1. The molecule has 0 radical (unpaired) electrons. The van der Waals surface area contributed by atoms with Crippen molar-refractivity contribution in [3.05, 3.63) is 29.8 Å². The SMILES string of the molecule is N[C@@H](Cc1ccc(O)cc1)C(=O)N1C[C@H](O)C[C@H]1C(=O)O. The van der Waals surface area contributed by atoms with Crippen LogP contribution in [0, 0.1) is 0 Å². The van der Waals surface area contributed by atoms with Crippen LogP contribution in [0.5, 0.6) is 5.75 Å². The third-order valence-electron chi connectivity index (χ3n) is 3.56. The quantitative estimate of drug-likeness (QED) is 0.582. The maximum Gasteiger partial charge on any atom is 0.326 e. The van der Waals surface area contributed by atoms with Gasteiger partial charge in [-0.2, -0.15) is 0 Å². The van der Waals surface area contributed by atoms with E-state index in [2.05, 4.69) is 0 Å². The molecule has 2 rings (SSSR count). The minimum atomic E-state index is -1.14. The number of carbonyl (C=O) groups is 2. The van der Waals surface area contributed by atoms with Crippen LogP contribution in [-0.2, 0) is 16.0 Å². The molecule has 7 heteroatoms. The van der Waals surface area contributed by atoms with Crippen LogP contribution in [-0.4, -0.2) is 56.8 Å². The van der Waals surface area contributed by atoms with Gasteiger partial charge in [-0.1, -0.05) is 12.1 Å². The van der Waals surface area contributed by atoms with Gasteiger partial charge in [-0.3, -0.25) is 4.79 Å². The molecule has 1 aliphatic heterocycles. The molecule has 1 aromatic carbocycles. The van der Waals surface area contributed by atoms with Crippen LogP contribution in [0.15, 0.2) is 24.3 Å². The summed E-state index contributed by atoms with van der Waals surface area (Å²) in [6.07, 6.45) is -0.582. The molecule has 7 nitrogen and oxygen atoms in total. The molecule has 1 aromatic rings. The molecule has 0 spiro atoms. The van der Waals surface area contributed by atoms with Gasteiger partial charge in [-0.05, 0) is 24.1 Å². The fourth-order valence-corrected chi connectivity index (χ4v) is 2.48. The van der Waals surface area contributed by atoms with Crippen molar-refractivity contribution in [2.45, 2.75) is 31.0 Å². The van der Waals surface area contributed by atoms with Crippen molar-refractivity contribution in [1.29, 1.82) is 0 Å². The molecule has 0 aromatic heterocycles. The van der Waals surface area contributed by atoms with Gasteiger partial charge in [-0.15, -0.1) is 0 Å². The van der Waals surface area contributed by atoms with Gasteiger partial charge in [-0.25, -0.2) is 4.79 Å².